The number of hydrogen-bond donors (Lipinski definition) is 1. The van der Waals surface area contributed by atoms with Gasteiger partial charge in [0, 0.05) is 19.6 Å². The van der Waals surface area contributed by atoms with E-state index in [1.54, 1.807) is 0 Å². The largest absolute Gasteiger partial charge is 0.493 e. The second kappa shape index (κ2) is 9.82. The summed E-state index contributed by atoms with van der Waals surface area (Å²) in [6.07, 6.45) is 4.30. The molecule has 2 N–H and O–H groups in total. The first-order chi connectivity index (χ1) is 9.24. The van der Waals surface area contributed by atoms with Crippen LogP contribution in [0.1, 0.15) is 36.8 Å². The minimum absolute atomic E-state index is 0.715. The molecule has 1 rings (SSSR count). The van der Waals surface area contributed by atoms with E-state index in [0.29, 0.717) is 6.61 Å². The second-order valence-electron chi connectivity index (χ2n) is 4.93. The molecule has 3 nitrogen and oxygen atoms in total. The average molecular weight is 265 g/mol. The first kappa shape index (κ1) is 16.0. The van der Waals surface area contributed by atoms with Gasteiger partial charge in [-0.05, 0) is 56.8 Å². The van der Waals surface area contributed by atoms with Crippen LogP contribution < -0.4 is 10.5 Å². The molecule has 0 saturated carbocycles. The normalized spacial score (nSPS) is 10.7. The maximum atomic E-state index is 5.77. The molecule has 19 heavy (non-hydrogen) atoms. The molecular weight excluding hydrogens is 238 g/mol. The highest BCUT2D eigenvalue weighted by Gasteiger charge is 1.99. The molecule has 0 fully saturated rings. The summed E-state index contributed by atoms with van der Waals surface area (Å²) in [6, 6.07) is 6.29. The molecule has 1 aromatic carbocycles. The maximum absolute atomic E-state index is 5.77. The summed E-state index contributed by atoms with van der Waals surface area (Å²) in [5.74, 6) is 0.989. The summed E-state index contributed by atoms with van der Waals surface area (Å²) >= 11 is 0. The van der Waals surface area contributed by atoms with Crippen LogP contribution in [0.25, 0.3) is 0 Å². The average Bonchev–Trinajstić information content (AvgIpc) is 2.40. The number of unbranched alkanes of at least 4 members (excludes halogenated alkanes) is 2. The van der Waals surface area contributed by atoms with Crippen LogP contribution in [0, 0.1) is 13.8 Å². The van der Waals surface area contributed by atoms with Crippen molar-refractivity contribution in [3.8, 4) is 5.75 Å². The predicted molar refractivity (Wildman–Crippen MR) is 79.8 cm³/mol. The van der Waals surface area contributed by atoms with Crippen molar-refractivity contribution in [3.63, 3.8) is 0 Å². The van der Waals surface area contributed by atoms with E-state index in [0.717, 1.165) is 51.2 Å². The molecule has 0 unspecified atom stereocenters. The Bertz CT molecular complexity index is 353. The lowest BCUT2D eigenvalue weighted by Gasteiger charge is -2.10. The smallest absolute Gasteiger partial charge is 0.122 e. The van der Waals surface area contributed by atoms with Crippen LogP contribution in [0.15, 0.2) is 18.2 Å². The fourth-order valence-corrected chi connectivity index (χ4v) is 1.83. The molecular formula is C16H27NO2. The first-order valence-electron chi connectivity index (χ1n) is 7.22. The minimum atomic E-state index is 0.715. The van der Waals surface area contributed by atoms with Crippen molar-refractivity contribution in [1.82, 2.24) is 0 Å². The highest BCUT2D eigenvalue weighted by atomic mass is 16.5. The Kier molecular flexibility index (Phi) is 8.26. The standard InChI is InChI=1S/C16H27NO2/c1-14-7-8-15(2)16(13-14)19-12-6-11-18-10-5-3-4-9-17/h7-8,13H,3-6,9-12,17H2,1-2H3. The maximum Gasteiger partial charge on any atom is 0.122 e. The van der Waals surface area contributed by atoms with Crippen LogP contribution in [-0.2, 0) is 4.74 Å². The Morgan fingerprint density at radius 1 is 0.947 bits per heavy atom. The van der Waals surface area contributed by atoms with Gasteiger partial charge in [0.05, 0.1) is 6.61 Å². The van der Waals surface area contributed by atoms with E-state index in [9.17, 15) is 0 Å². The van der Waals surface area contributed by atoms with Crippen molar-refractivity contribution in [1.29, 1.82) is 0 Å². The van der Waals surface area contributed by atoms with Crippen LogP contribution in [-0.4, -0.2) is 26.4 Å². The molecule has 0 atom stereocenters. The van der Waals surface area contributed by atoms with Crippen molar-refractivity contribution < 1.29 is 9.47 Å². The Labute approximate surface area is 117 Å². The third-order valence-electron chi connectivity index (χ3n) is 3.03. The number of benzene rings is 1. The predicted octanol–water partition coefficient (Wildman–Crippen LogP) is 3.22. The molecule has 0 heterocycles. The van der Waals surface area contributed by atoms with Gasteiger partial charge in [-0.25, -0.2) is 0 Å². The third-order valence-corrected chi connectivity index (χ3v) is 3.03. The van der Waals surface area contributed by atoms with Gasteiger partial charge < -0.3 is 15.2 Å². The third kappa shape index (κ3) is 7.19. The Hall–Kier alpha value is -1.06. The van der Waals surface area contributed by atoms with Gasteiger partial charge in [-0.3, -0.25) is 0 Å². The van der Waals surface area contributed by atoms with Gasteiger partial charge in [-0.1, -0.05) is 12.1 Å². The van der Waals surface area contributed by atoms with E-state index >= 15 is 0 Å². The number of nitrogens with two attached hydrogens (primary N) is 1. The highest BCUT2D eigenvalue weighted by molar-refractivity contribution is 5.35. The molecule has 0 aliphatic carbocycles. The molecule has 108 valence electrons. The summed E-state index contributed by atoms with van der Waals surface area (Å²) in [4.78, 5) is 0. The topological polar surface area (TPSA) is 44.5 Å². The molecule has 0 radical (unpaired) electrons. The van der Waals surface area contributed by atoms with Gasteiger partial charge in [-0.2, -0.15) is 0 Å². The molecule has 0 amide bonds. The van der Waals surface area contributed by atoms with E-state index < -0.39 is 0 Å². The van der Waals surface area contributed by atoms with E-state index in [1.165, 1.54) is 11.1 Å². The lowest BCUT2D eigenvalue weighted by Crippen LogP contribution is -2.05. The molecule has 0 spiro atoms. The van der Waals surface area contributed by atoms with Gasteiger partial charge in [0.25, 0.3) is 0 Å². The van der Waals surface area contributed by atoms with Crippen LogP contribution in [0.4, 0.5) is 0 Å². The number of ether oxygens (including phenoxy) is 2. The fraction of sp³-hybridized carbons (Fsp3) is 0.625. The second-order valence-corrected chi connectivity index (χ2v) is 4.93. The van der Waals surface area contributed by atoms with Crippen molar-refractivity contribution >= 4 is 0 Å². The van der Waals surface area contributed by atoms with Crippen molar-refractivity contribution in [2.45, 2.75) is 39.5 Å². The minimum Gasteiger partial charge on any atom is -0.493 e. The van der Waals surface area contributed by atoms with Crippen molar-refractivity contribution in [2.75, 3.05) is 26.4 Å². The monoisotopic (exact) mass is 265 g/mol. The lowest BCUT2D eigenvalue weighted by molar-refractivity contribution is 0.116. The van der Waals surface area contributed by atoms with Gasteiger partial charge in [0.15, 0.2) is 0 Å². The van der Waals surface area contributed by atoms with Crippen LogP contribution >= 0.6 is 0 Å². The number of rotatable bonds is 10. The van der Waals surface area contributed by atoms with Gasteiger partial charge >= 0.3 is 0 Å². The fourth-order valence-electron chi connectivity index (χ4n) is 1.83. The zero-order chi connectivity index (χ0) is 13.9. The number of hydrogen-bond acceptors (Lipinski definition) is 3. The summed E-state index contributed by atoms with van der Waals surface area (Å²) in [7, 11) is 0. The quantitative estimate of drug-likeness (QED) is 0.661. The van der Waals surface area contributed by atoms with Crippen molar-refractivity contribution in [2.24, 2.45) is 5.73 Å². The summed E-state index contributed by atoms with van der Waals surface area (Å²) in [5, 5.41) is 0. The van der Waals surface area contributed by atoms with Gasteiger partial charge in [-0.15, -0.1) is 0 Å². The lowest BCUT2D eigenvalue weighted by atomic mass is 10.1. The SMILES string of the molecule is Cc1ccc(C)c(OCCCOCCCCCN)c1. The summed E-state index contributed by atoms with van der Waals surface area (Å²) in [6.45, 7) is 7.26. The summed E-state index contributed by atoms with van der Waals surface area (Å²) in [5.41, 5.74) is 7.85. The highest BCUT2D eigenvalue weighted by Crippen LogP contribution is 2.19. The molecule has 0 aliphatic heterocycles. The van der Waals surface area contributed by atoms with E-state index in [1.807, 2.05) is 0 Å². The van der Waals surface area contributed by atoms with E-state index in [-0.39, 0.29) is 0 Å². The zero-order valence-electron chi connectivity index (χ0n) is 12.3. The Morgan fingerprint density at radius 3 is 2.53 bits per heavy atom. The van der Waals surface area contributed by atoms with E-state index in [4.69, 9.17) is 15.2 Å². The molecule has 1 aromatic rings. The van der Waals surface area contributed by atoms with Gasteiger partial charge in [0.1, 0.15) is 5.75 Å². The molecule has 3 heteroatoms. The Balaban J connectivity index is 2.03. The molecule has 0 aromatic heterocycles. The number of aryl methyl sites for hydroxylation is 2. The van der Waals surface area contributed by atoms with E-state index in [2.05, 4.69) is 32.0 Å². The zero-order valence-corrected chi connectivity index (χ0v) is 12.3. The molecule has 0 saturated heterocycles. The summed E-state index contributed by atoms with van der Waals surface area (Å²) < 4.78 is 11.3. The molecule has 0 bridgehead atoms. The Morgan fingerprint density at radius 2 is 1.74 bits per heavy atom. The van der Waals surface area contributed by atoms with Crippen molar-refractivity contribution in [3.05, 3.63) is 29.3 Å². The van der Waals surface area contributed by atoms with Crippen LogP contribution in [0.3, 0.4) is 0 Å². The molecule has 0 aliphatic rings. The van der Waals surface area contributed by atoms with Crippen LogP contribution in [0.5, 0.6) is 5.75 Å². The van der Waals surface area contributed by atoms with Crippen LogP contribution in [0.2, 0.25) is 0 Å². The first-order valence-corrected chi connectivity index (χ1v) is 7.22. The van der Waals surface area contributed by atoms with Gasteiger partial charge in [0.2, 0.25) is 0 Å².